The minimum absolute atomic E-state index is 0.289. The summed E-state index contributed by atoms with van der Waals surface area (Å²) in [4.78, 5) is 21.4. The molecule has 0 aliphatic rings. The summed E-state index contributed by atoms with van der Waals surface area (Å²) in [7, 11) is 1.32. The summed E-state index contributed by atoms with van der Waals surface area (Å²) in [6.07, 6.45) is 0.577. The molecule has 0 aliphatic heterocycles. The Hall–Kier alpha value is -2.97. The zero-order valence-electron chi connectivity index (χ0n) is 15.8. The van der Waals surface area contributed by atoms with Gasteiger partial charge in [-0.3, -0.25) is 4.72 Å². The van der Waals surface area contributed by atoms with E-state index in [1.54, 1.807) is 24.3 Å². The van der Waals surface area contributed by atoms with E-state index in [4.69, 9.17) is 26.8 Å². The van der Waals surface area contributed by atoms with Crippen molar-refractivity contribution in [3.8, 4) is 11.6 Å². The molecule has 3 N–H and O–H groups in total. The molecule has 150 valence electrons. The number of nitrogens with zero attached hydrogens (tertiary/aromatic N) is 2. The van der Waals surface area contributed by atoms with Gasteiger partial charge >= 0.3 is 5.97 Å². The smallest absolute Gasteiger partial charge is 0.337 e. The van der Waals surface area contributed by atoms with Gasteiger partial charge in [-0.1, -0.05) is 30.7 Å². The second-order valence-corrected chi connectivity index (χ2v) is 7.11. The number of rotatable bonds is 7. The summed E-state index contributed by atoms with van der Waals surface area (Å²) in [5.74, 6) is 0.587. The maximum atomic E-state index is 11.7. The van der Waals surface area contributed by atoms with Gasteiger partial charge in [-0.05, 0) is 54.8 Å². The van der Waals surface area contributed by atoms with Crippen LogP contribution in [0.5, 0.6) is 11.6 Å². The number of esters is 1. The fourth-order valence-electron chi connectivity index (χ4n) is 2.46. The van der Waals surface area contributed by atoms with Crippen LogP contribution < -0.4 is 15.2 Å². The van der Waals surface area contributed by atoms with Crippen LogP contribution in [0.4, 0.5) is 11.6 Å². The van der Waals surface area contributed by atoms with Gasteiger partial charge in [0.1, 0.15) is 10.9 Å². The highest BCUT2D eigenvalue weighted by Crippen LogP contribution is 2.31. The minimum atomic E-state index is -0.451. The van der Waals surface area contributed by atoms with E-state index in [0.29, 0.717) is 40.8 Å². The number of hydrogen-bond acceptors (Lipinski definition) is 8. The Labute approximate surface area is 177 Å². The van der Waals surface area contributed by atoms with Crippen LogP contribution in [-0.2, 0) is 11.2 Å². The van der Waals surface area contributed by atoms with Gasteiger partial charge in [-0.15, -0.1) is 0 Å². The fourth-order valence-corrected chi connectivity index (χ4v) is 3.40. The van der Waals surface area contributed by atoms with Gasteiger partial charge in [0, 0.05) is 10.6 Å². The van der Waals surface area contributed by atoms with Crippen molar-refractivity contribution in [2.45, 2.75) is 18.2 Å². The lowest BCUT2D eigenvalue weighted by atomic mass is 10.2. The standard InChI is InChI=1S/C20H19ClN4O3S/c1-3-16-17(21)23-20(25-29-15-9-5-7-13(22)11-15)24-18(16)28-14-8-4-6-12(10-14)19(26)27-2/h4-11H,3,22H2,1-2H3,(H,23,24,25). The quantitative estimate of drug-likeness (QED) is 0.234. The van der Waals surface area contributed by atoms with Crippen LogP contribution in [0.25, 0.3) is 0 Å². The largest absolute Gasteiger partial charge is 0.465 e. The molecule has 3 aromatic rings. The van der Waals surface area contributed by atoms with Crippen LogP contribution in [0.15, 0.2) is 53.4 Å². The predicted molar refractivity (Wildman–Crippen MR) is 115 cm³/mol. The van der Waals surface area contributed by atoms with Crippen molar-refractivity contribution in [1.29, 1.82) is 0 Å². The molecular formula is C20H19ClN4O3S. The van der Waals surface area contributed by atoms with E-state index >= 15 is 0 Å². The van der Waals surface area contributed by atoms with E-state index in [-0.39, 0.29) is 5.15 Å². The zero-order valence-corrected chi connectivity index (χ0v) is 17.4. The summed E-state index contributed by atoms with van der Waals surface area (Å²) < 4.78 is 13.7. The van der Waals surface area contributed by atoms with Gasteiger partial charge in [0.2, 0.25) is 11.8 Å². The van der Waals surface area contributed by atoms with Crippen LogP contribution in [-0.4, -0.2) is 23.0 Å². The second kappa shape index (κ2) is 9.49. The summed E-state index contributed by atoms with van der Waals surface area (Å²) >= 11 is 7.64. The summed E-state index contributed by atoms with van der Waals surface area (Å²) in [5, 5.41) is 0.289. The summed E-state index contributed by atoms with van der Waals surface area (Å²) in [5.41, 5.74) is 7.49. The van der Waals surface area contributed by atoms with Crippen LogP contribution in [0, 0.1) is 0 Å². The zero-order chi connectivity index (χ0) is 20.8. The number of nitrogens with one attached hydrogen (secondary N) is 1. The van der Waals surface area contributed by atoms with Crippen molar-refractivity contribution < 1.29 is 14.3 Å². The number of halogens is 1. The molecule has 7 nitrogen and oxygen atoms in total. The van der Waals surface area contributed by atoms with Gasteiger partial charge < -0.3 is 15.2 Å². The summed E-state index contributed by atoms with van der Waals surface area (Å²) in [6, 6.07) is 14.0. The average molecular weight is 431 g/mol. The van der Waals surface area contributed by atoms with Crippen LogP contribution in [0.1, 0.15) is 22.8 Å². The number of carbonyl (C=O) groups is 1. The van der Waals surface area contributed by atoms with Crippen LogP contribution in [0.2, 0.25) is 5.15 Å². The molecule has 2 aromatic carbocycles. The number of aromatic nitrogens is 2. The van der Waals surface area contributed by atoms with E-state index in [2.05, 4.69) is 14.7 Å². The Kier molecular flexibility index (Phi) is 6.79. The van der Waals surface area contributed by atoms with Crippen molar-refractivity contribution in [2.75, 3.05) is 17.6 Å². The normalized spacial score (nSPS) is 10.4. The van der Waals surface area contributed by atoms with E-state index < -0.39 is 5.97 Å². The van der Waals surface area contributed by atoms with E-state index in [1.165, 1.54) is 19.1 Å². The molecule has 0 saturated carbocycles. The number of ether oxygens (including phenoxy) is 2. The summed E-state index contributed by atoms with van der Waals surface area (Å²) in [6.45, 7) is 1.93. The first-order valence-electron chi connectivity index (χ1n) is 8.71. The molecule has 0 radical (unpaired) electrons. The first kappa shape index (κ1) is 20.8. The third-order valence-corrected chi connectivity index (χ3v) is 4.95. The Bertz CT molecular complexity index is 1030. The van der Waals surface area contributed by atoms with E-state index in [9.17, 15) is 4.79 Å². The third-order valence-electron chi connectivity index (χ3n) is 3.86. The van der Waals surface area contributed by atoms with Gasteiger partial charge in [0.25, 0.3) is 0 Å². The molecule has 0 aliphatic carbocycles. The molecule has 1 heterocycles. The Morgan fingerprint density at radius 2 is 2.00 bits per heavy atom. The maximum absolute atomic E-state index is 11.7. The number of carbonyl (C=O) groups excluding carboxylic acids is 1. The molecule has 0 amide bonds. The molecule has 9 heteroatoms. The molecular weight excluding hydrogens is 412 g/mol. The van der Waals surface area contributed by atoms with Crippen molar-refractivity contribution in [3.05, 3.63) is 64.8 Å². The topological polar surface area (TPSA) is 99.4 Å². The lowest BCUT2D eigenvalue weighted by Crippen LogP contribution is -2.04. The second-order valence-electron chi connectivity index (χ2n) is 5.87. The Morgan fingerprint density at radius 1 is 1.21 bits per heavy atom. The lowest BCUT2D eigenvalue weighted by molar-refractivity contribution is 0.0600. The highest BCUT2D eigenvalue weighted by atomic mass is 35.5. The molecule has 0 spiro atoms. The third kappa shape index (κ3) is 5.30. The Balaban J connectivity index is 1.85. The van der Waals surface area contributed by atoms with Crippen molar-refractivity contribution in [2.24, 2.45) is 0 Å². The highest BCUT2D eigenvalue weighted by molar-refractivity contribution is 8.00. The number of anilines is 2. The number of benzene rings is 2. The molecule has 1 aromatic heterocycles. The molecule has 3 rings (SSSR count). The van der Waals surface area contributed by atoms with Crippen LogP contribution in [0.3, 0.4) is 0 Å². The SMILES string of the molecule is CCc1c(Cl)nc(NSc2cccc(N)c2)nc1Oc1cccc(C(=O)OC)c1. The molecule has 0 unspecified atom stereocenters. The minimum Gasteiger partial charge on any atom is -0.465 e. The molecule has 29 heavy (non-hydrogen) atoms. The van der Waals surface area contributed by atoms with Crippen molar-refractivity contribution >= 4 is 41.2 Å². The van der Waals surface area contributed by atoms with Crippen LogP contribution >= 0.6 is 23.5 Å². The molecule has 0 bridgehead atoms. The van der Waals surface area contributed by atoms with Crippen molar-refractivity contribution in [3.63, 3.8) is 0 Å². The molecule has 0 atom stereocenters. The van der Waals surface area contributed by atoms with Gasteiger partial charge in [-0.25, -0.2) is 4.79 Å². The number of methoxy groups -OCH3 is 1. The number of hydrogen-bond donors (Lipinski definition) is 2. The van der Waals surface area contributed by atoms with Gasteiger partial charge in [0.15, 0.2) is 0 Å². The van der Waals surface area contributed by atoms with Gasteiger partial charge in [0.05, 0.1) is 18.2 Å². The van der Waals surface area contributed by atoms with E-state index in [0.717, 1.165) is 4.90 Å². The maximum Gasteiger partial charge on any atom is 0.337 e. The number of nitrogen functional groups attached to an aromatic ring is 1. The average Bonchev–Trinajstić information content (AvgIpc) is 2.72. The number of nitrogens with two attached hydrogens (primary N) is 1. The molecule has 0 saturated heterocycles. The van der Waals surface area contributed by atoms with Gasteiger partial charge in [-0.2, -0.15) is 9.97 Å². The monoisotopic (exact) mass is 430 g/mol. The Morgan fingerprint density at radius 3 is 2.72 bits per heavy atom. The van der Waals surface area contributed by atoms with Crippen molar-refractivity contribution in [1.82, 2.24) is 9.97 Å². The first-order valence-corrected chi connectivity index (χ1v) is 9.90. The fraction of sp³-hybridized carbons (Fsp3) is 0.150. The molecule has 0 fully saturated rings. The lowest BCUT2D eigenvalue weighted by Gasteiger charge is -2.13. The van der Waals surface area contributed by atoms with E-state index in [1.807, 2.05) is 31.2 Å². The highest BCUT2D eigenvalue weighted by Gasteiger charge is 2.15. The first-order chi connectivity index (χ1) is 14.0. The predicted octanol–water partition coefficient (Wildman–Crippen LogP) is 4.97.